The zero-order chi connectivity index (χ0) is 25.1. The van der Waals surface area contributed by atoms with Crippen molar-refractivity contribution in [3.05, 3.63) is 71.8 Å². The van der Waals surface area contributed by atoms with Gasteiger partial charge in [0.15, 0.2) is 0 Å². The molecule has 0 aliphatic heterocycles. The third-order valence-corrected chi connectivity index (χ3v) is 4.30. The second kappa shape index (κ2) is 12.4. The molecule has 0 spiro atoms. The second-order valence-corrected chi connectivity index (χ2v) is 6.60. The summed E-state index contributed by atoms with van der Waals surface area (Å²) in [5.74, 6) is -4.69. The Balaban J connectivity index is 2.06. The van der Waals surface area contributed by atoms with E-state index in [1.54, 1.807) is 48.5 Å². The Kier molecular flexibility index (Phi) is 9.39. The Morgan fingerprint density at radius 2 is 0.971 bits per heavy atom. The van der Waals surface area contributed by atoms with Gasteiger partial charge in [0.25, 0.3) is 0 Å². The van der Waals surface area contributed by atoms with E-state index in [1.165, 1.54) is 26.4 Å². The number of benzene rings is 2. The van der Waals surface area contributed by atoms with Gasteiger partial charge in [0.1, 0.15) is 11.5 Å². The molecular formula is C24H22O10. The first kappa shape index (κ1) is 25.7. The molecule has 2 aromatic carbocycles. The highest BCUT2D eigenvalue weighted by Gasteiger charge is 2.40. The molecule has 0 radical (unpaired) electrons. The summed E-state index contributed by atoms with van der Waals surface area (Å²) in [6.45, 7) is 0. The molecule has 0 saturated carbocycles. The zero-order valence-electron chi connectivity index (χ0n) is 18.2. The minimum absolute atomic E-state index is 0.578. The van der Waals surface area contributed by atoms with Crippen molar-refractivity contribution >= 4 is 36.0 Å². The number of rotatable bonds is 11. The number of aliphatic carboxylic acids is 2. The Labute approximate surface area is 194 Å². The van der Waals surface area contributed by atoms with E-state index in [0.29, 0.717) is 22.6 Å². The molecule has 2 N–H and O–H groups in total. The van der Waals surface area contributed by atoms with Crippen LogP contribution in [0.2, 0.25) is 0 Å². The summed E-state index contributed by atoms with van der Waals surface area (Å²) in [5, 5.41) is 18.7. The van der Waals surface area contributed by atoms with Crippen LogP contribution < -0.4 is 9.47 Å². The highest BCUT2D eigenvalue weighted by molar-refractivity contribution is 5.93. The van der Waals surface area contributed by atoms with Gasteiger partial charge >= 0.3 is 23.9 Å². The van der Waals surface area contributed by atoms with E-state index < -0.39 is 36.1 Å². The molecular weight excluding hydrogens is 448 g/mol. The van der Waals surface area contributed by atoms with E-state index in [1.807, 2.05) is 0 Å². The minimum atomic E-state index is -2.27. The summed E-state index contributed by atoms with van der Waals surface area (Å²) in [7, 11) is 2.99. The molecule has 2 rings (SSSR count). The molecule has 0 fully saturated rings. The van der Waals surface area contributed by atoms with Crippen LogP contribution in [0, 0.1) is 0 Å². The van der Waals surface area contributed by atoms with Crippen LogP contribution in [0.25, 0.3) is 12.2 Å². The molecule has 0 aromatic heterocycles. The fraction of sp³-hybridized carbons (Fsp3) is 0.167. The number of hydrogen-bond donors (Lipinski definition) is 2. The number of carbonyl (C=O) groups excluding carboxylic acids is 2. The monoisotopic (exact) mass is 470 g/mol. The van der Waals surface area contributed by atoms with E-state index in [2.05, 4.69) is 0 Å². The molecule has 0 aliphatic rings. The maximum absolute atomic E-state index is 12.1. The number of carbonyl (C=O) groups is 4. The van der Waals surface area contributed by atoms with Crippen molar-refractivity contribution in [1.29, 1.82) is 0 Å². The molecule has 2 aromatic rings. The van der Waals surface area contributed by atoms with Gasteiger partial charge in [-0.15, -0.1) is 0 Å². The minimum Gasteiger partial charge on any atom is -0.497 e. The van der Waals surface area contributed by atoms with Crippen molar-refractivity contribution in [3.8, 4) is 11.5 Å². The molecule has 2 atom stereocenters. The molecule has 0 bridgehead atoms. The Morgan fingerprint density at radius 3 is 1.24 bits per heavy atom. The zero-order valence-corrected chi connectivity index (χ0v) is 18.2. The number of carboxylic acids is 2. The van der Waals surface area contributed by atoms with Gasteiger partial charge in [-0.05, 0) is 47.5 Å². The summed E-state index contributed by atoms with van der Waals surface area (Å²) in [5.41, 5.74) is 1.16. The summed E-state index contributed by atoms with van der Waals surface area (Å²) in [6.07, 6.45) is -0.0442. The first-order valence-electron chi connectivity index (χ1n) is 9.74. The number of esters is 2. The van der Waals surface area contributed by atoms with E-state index in [9.17, 15) is 29.4 Å². The van der Waals surface area contributed by atoms with Crippen LogP contribution in [0.1, 0.15) is 11.1 Å². The normalized spacial score (nSPS) is 12.6. The van der Waals surface area contributed by atoms with Crippen LogP contribution in [0.5, 0.6) is 11.5 Å². The summed E-state index contributed by atoms with van der Waals surface area (Å²) in [6, 6.07) is 13.1. The average Bonchev–Trinajstić information content (AvgIpc) is 2.83. The van der Waals surface area contributed by atoms with Gasteiger partial charge in [-0.25, -0.2) is 19.2 Å². The molecule has 10 heteroatoms. The van der Waals surface area contributed by atoms with Crippen molar-refractivity contribution in [2.75, 3.05) is 14.2 Å². The Bertz CT molecular complexity index is 980. The van der Waals surface area contributed by atoms with Crippen molar-refractivity contribution in [2.45, 2.75) is 12.2 Å². The van der Waals surface area contributed by atoms with E-state index in [4.69, 9.17) is 18.9 Å². The molecule has 34 heavy (non-hydrogen) atoms. The lowest BCUT2D eigenvalue weighted by Gasteiger charge is -2.19. The highest BCUT2D eigenvalue weighted by Crippen LogP contribution is 2.14. The van der Waals surface area contributed by atoms with Gasteiger partial charge < -0.3 is 29.2 Å². The van der Waals surface area contributed by atoms with Gasteiger partial charge in [0, 0.05) is 12.2 Å². The van der Waals surface area contributed by atoms with Gasteiger partial charge in [-0.2, -0.15) is 0 Å². The smallest absolute Gasteiger partial charge is 0.349 e. The predicted octanol–water partition coefficient (Wildman–Crippen LogP) is 2.42. The number of ether oxygens (including phenoxy) is 4. The largest absolute Gasteiger partial charge is 0.497 e. The highest BCUT2D eigenvalue weighted by atomic mass is 16.6. The third kappa shape index (κ3) is 7.83. The third-order valence-electron chi connectivity index (χ3n) is 4.30. The van der Waals surface area contributed by atoms with E-state index in [-0.39, 0.29) is 0 Å². The Morgan fingerprint density at radius 1 is 0.647 bits per heavy atom. The fourth-order valence-corrected chi connectivity index (χ4v) is 2.57. The van der Waals surface area contributed by atoms with Crippen molar-refractivity contribution in [3.63, 3.8) is 0 Å². The number of methoxy groups -OCH3 is 2. The molecule has 10 nitrogen and oxygen atoms in total. The molecule has 0 aliphatic carbocycles. The van der Waals surface area contributed by atoms with E-state index in [0.717, 1.165) is 12.2 Å². The van der Waals surface area contributed by atoms with Crippen LogP contribution >= 0.6 is 0 Å². The fourth-order valence-electron chi connectivity index (χ4n) is 2.57. The van der Waals surface area contributed by atoms with Crippen LogP contribution in [-0.2, 0) is 28.7 Å². The maximum Gasteiger partial charge on any atom is 0.349 e. The Hall–Kier alpha value is -4.60. The first-order valence-corrected chi connectivity index (χ1v) is 9.74. The number of carboxylic acid groups (broad SMARTS) is 2. The maximum atomic E-state index is 12.1. The number of hydrogen-bond acceptors (Lipinski definition) is 8. The molecule has 178 valence electrons. The first-order chi connectivity index (χ1) is 16.2. The van der Waals surface area contributed by atoms with Crippen molar-refractivity contribution in [1.82, 2.24) is 0 Å². The van der Waals surface area contributed by atoms with Crippen LogP contribution in [0.15, 0.2) is 60.7 Å². The van der Waals surface area contributed by atoms with Gasteiger partial charge in [0.2, 0.25) is 12.2 Å². The second-order valence-electron chi connectivity index (χ2n) is 6.60. The molecule has 0 heterocycles. The summed E-state index contributed by atoms with van der Waals surface area (Å²) >= 11 is 0. The van der Waals surface area contributed by atoms with Crippen LogP contribution in [0.3, 0.4) is 0 Å². The predicted molar refractivity (Wildman–Crippen MR) is 119 cm³/mol. The molecule has 0 unspecified atom stereocenters. The summed E-state index contributed by atoms with van der Waals surface area (Å²) in [4.78, 5) is 47.2. The van der Waals surface area contributed by atoms with E-state index >= 15 is 0 Å². The summed E-state index contributed by atoms with van der Waals surface area (Å²) < 4.78 is 19.5. The van der Waals surface area contributed by atoms with Crippen molar-refractivity contribution < 1.29 is 48.3 Å². The van der Waals surface area contributed by atoms with Gasteiger partial charge in [-0.1, -0.05) is 24.3 Å². The van der Waals surface area contributed by atoms with Crippen molar-refractivity contribution in [2.24, 2.45) is 0 Å². The lowest BCUT2D eigenvalue weighted by atomic mass is 10.2. The van der Waals surface area contributed by atoms with Crippen LogP contribution in [0.4, 0.5) is 0 Å². The average molecular weight is 470 g/mol. The lowest BCUT2D eigenvalue weighted by molar-refractivity contribution is -0.183. The SMILES string of the molecule is COc1ccc(/C=C/C(=O)O[C@@H](C(=O)O)[C@@H](OC(=O)/C=C/c2ccc(OC)cc2)C(=O)O)cc1. The van der Waals surface area contributed by atoms with Gasteiger partial charge in [-0.3, -0.25) is 0 Å². The topological polar surface area (TPSA) is 146 Å². The lowest BCUT2D eigenvalue weighted by Crippen LogP contribution is -2.45. The molecule has 0 saturated heterocycles. The standard InChI is InChI=1S/C24H22O10/c1-31-17-9-3-15(4-10-17)7-13-19(25)33-21(23(27)28)22(24(29)30)34-20(26)14-8-16-5-11-18(32-2)12-6-16/h3-14,21-22H,1-2H3,(H,27,28)(H,29,30)/b13-7+,14-8+/t21-,22-/m1/s1. The molecule has 0 amide bonds. The quantitative estimate of drug-likeness (QED) is 0.371. The van der Waals surface area contributed by atoms with Gasteiger partial charge in [0.05, 0.1) is 14.2 Å². The van der Waals surface area contributed by atoms with Crippen LogP contribution in [-0.4, -0.2) is 60.5 Å².